The van der Waals surface area contributed by atoms with Gasteiger partial charge >= 0.3 is 23.9 Å². The van der Waals surface area contributed by atoms with E-state index in [1.165, 1.54) is 0 Å². The number of carboxylic acids is 3. The molecule has 0 unspecified atom stereocenters. The van der Waals surface area contributed by atoms with Gasteiger partial charge in [0.15, 0.2) is 0 Å². The monoisotopic (exact) mass is 666 g/mol. The number of aliphatic hydroxyl groups is 3. The van der Waals surface area contributed by atoms with Crippen LogP contribution >= 0.6 is 0 Å². The van der Waals surface area contributed by atoms with Crippen LogP contribution < -0.4 is 0 Å². The Hall–Kier alpha value is -3.28. The van der Waals surface area contributed by atoms with E-state index in [1.807, 2.05) is 26.0 Å². The first kappa shape index (κ1) is 43.7. The molecular weight excluding hydrogens is 608 g/mol. The molecule has 11 nitrogen and oxygen atoms in total. The molecule has 0 aliphatic rings. The number of allylic oxidation sites excluding steroid dienone is 6. The third kappa shape index (κ3) is 20.5. The summed E-state index contributed by atoms with van der Waals surface area (Å²) in [4.78, 5) is 46.4. The molecule has 0 bridgehead atoms. The Morgan fingerprint density at radius 2 is 1.02 bits per heavy atom. The van der Waals surface area contributed by atoms with Crippen LogP contribution in [-0.4, -0.2) is 79.9 Å². The molecule has 6 atom stereocenters. The van der Waals surface area contributed by atoms with Crippen LogP contribution in [0, 0.1) is 23.7 Å². The molecule has 0 saturated carbocycles. The lowest BCUT2D eigenvalue weighted by molar-refractivity contribution is -0.169. The summed E-state index contributed by atoms with van der Waals surface area (Å²) in [5, 5.41) is 57.7. The Morgan fingerprint density at radius 3 is 1.40 bits per heavy atom. The highest BCUT2D eigenvalue weighted by atomic mass is 16.5. The first-order valence-corrected chi connectivity index (χ1v) is 16.5. The van der Waals surface area contributed by atoms with E-state index in [1.54, 1.807) is 13.8 Å². The van der Waals surface area contributed by atoms with Gasteiger partial charge in [0.05, 0.1) is 19.3 Å². The number of hydrogen-bond acceptors (Lipinski definition) is 8. The molecule has 0 saturated heterocycles. The molecule has 6 N–H and O–H groups in total. The van der Waals surface area contributed by atoms with Gasteiger partial charge < -0.3 is 35.4 Å². The van der Waals surface area contributed by atoms with Gasteiger partial charge in [-0.25, -0.2) is 9.59 Å². The van der Waals surface area contributed by atoms with E-state index >= 15 is 0 Å². The number of esters is 1. The largest absolute Gasteiger partial charge is 0.481 e. The van der Waals surface area contributed by atoms with Crippen LogP contribution in [0.3, 0.4) is 0 Å². The van der Waals surface area contributed by atoms with E-state index in [9.17, 15) is 39.6 Å². The van der Waals surface area contributed by atoms with Crippen molar-refractivity contribution in [3.63, 3.8) is 0 Å². The molecule has 0 aliphatic heterocycles. The predicted octanol–water partition coefficient (Wildman–Crippen LogP) is 5.69. The van der Waals surface area contributed by atoms with Crippen LogP contribution in [0.25, 0.3) is 0 Å². The number of carbonyl (C=O) groups is 4. The summed E-state index contributed by atoms with van der Waals surface area (Å²) in [6.07, 6.45) is 9.91. The second kappa shape index (κ2) is 23.9. The first-order valence-electron chi connectivity index (χ1n) is 16.5. The highest BCUT2D eigenvalue weighted by Crippen LogP contribution is 2.24. The van der Waals surface area contributed by atoms with Crippen molar-refractivity contribution in [2.75, 3.05) is 13.2 Å². The molecule has 0 aromatic rings. The quantitative estimate of drug-likeness (QED) is 0.0303. The standard InChI is InChI=1S/C36H58O11/c1-23(15-25(3)17-27(5)19-33(40)41)11-7-9-13-31(39)29(21-37)36(46)47-32(30(22-38)35(44)45)14-10-8-12-24(2)16-26(4)18-28(6)20-34(42)43/h17-20,23-24,29-32,37-39H,7-16,21-22H2,1-6H3,(H,40,41)(H,42,43)(H,44,45)/b25-17+,26-18+,27-19+,28-20+/t23-,24+,29+,30+,31-,32-/m0/s1. The lowest BCUT2D eigenvalue weighted by Gasteiger charge is -2.27. The topological polar surface area (TPSA) is 199 Å². The maximum atomic E-state index is 13.0. The zero-order valence-corrected chi connectivity index (χ0v) is 29.0. The van der Waals surface area contributed by atoms with E-state index in [-0.39, 0.29) is 18.8 Å². The van der Waals surface area contributed by atoms with E-state index in [4.69, 9.17) is 14.9 Å². The van der Waals surface area contributed by atoms with Crippen molar-refractivity contribution in [3.05, 3.63) is 46.6 Å². The van der Waals surface area contributed by atoms with Crippen molar-refractivity contribution >= 4 is 23.9 Å². The number of carbonyl (C=O) groups excluding carboxylic acids is 1. The van der Waals surface area contributed by atoms with Crippen LogP contribution in [0.15, 0.2) is 46.6 Å². The predicted molar refractivity (Wildman–Crippen MR) is 179 cm³/mol. The molecule has 0 spiro atoms. The Morgan fingerprint density at radius 1 is 0.617 bits per heavy atom. The molecular formula is C36H58O11. The Bertz CT molecular complexity index is 1120. The smallest absolute Gasteiger partial charge is 0.328 e. The first-order chi connectivity index (χ1) is 22.0. The molecule has 0 fully saturated rings. The average Bonchev–Trinajstić information content (AvgIpc) is 2.92. The van der Waals surface area contributed by atoms with Crippen molar-refractivity contribution in [1.29, 1.82) is 0 Å². The summed E-state index contributed by atoms with van der Waals surface area (Å²) in [6.45, 7) is 10.1. The van der Waals surface area contributed by atoms with E-state index in [0.29, 0.717) is 36.3 Å². The van der Waals surface area contributed by atoms with Crippen molar-refractivity contribution in [2.24, 2.45) is 23.7 Å². The Kier molecular flexibility index (Phi) is 22.3. The van der Waals surface area contributed by atoms with Crippen LogP contribution in [-0.2, 0) is 23.9 Å². The SMILES string of the molecule is CC(=C\C(=O)O)/C=C(\C)C[C@H](C)CCCC[C@H](OC(=O)[C@H](CO)[C@@H](O)CCCC[C@H](C)C/C(C)=C/C(C)=C/C(=O)O)[C@@H](CO)C(=O)O. The fourth-order valence-electron chi connectivity index (χ4n) is 5.84. The molecule has 0 aromatic heterocycles. The number of aliphatic carboxylic acids is 3. The fraction of sp³-hybridized carbons (Fsp3) is 0.667. The molecule has 11 heteroatoms. The van der Waals surface area contributed by atoms with Crippen LogP contribution in [0.2, 0.25) is 0 Å². The Balaban J connectivity index is 5.02. The van der Waals surface area contributed by atoms with E-state index < -0.39 is 61.1 Å². The summed E-state index contributed by atoms with van der Waals surface area (Å²) < 4.78 is 5.52. The van der Waals surface area contributed by atoms with Crippen molar-refractivity contribution in [3.8, 4) is 0 Å². The van der Waals surface area contributed by atoms with Crippen molar-refractivity contribution < 1.29 is 54.6 Å². The van der Waals surface area contributed by atoms with Gasteiger partial charge in [0.2, 0.25) is 0 Å². The molecule has 0 aliphatic carbocycles. The normalized spacial score (nSPS) is 17.0. The minimum absolute atomic E-state index is 0.191. The molecule has 0 aromatic carbocycles. The third-order valence-electron chi connectivity index (χ3n) is 8.07. The zero-order chi connectivity index (χ0) is 36.1. The van der Waals surface area contributed by atoms with Crippen molar-refractivity contribution in [1.82, 2.24) is 0 Å². The molecule has 0 radical (unpaired) electrons. The maximum Gasteiger partial charge on any atom is 0.328 e. The van der Waals surface area contributed by atoms with E-state index in [0.717, 1.165) is 55.4 Å². The minimum atomic E-state index is -1.34. The number of rotatable bonds is 25. The number of aliphatic hydroxyl groups excluding tert-OH is 3. The van der Waals surface area contributed by atoms with Crippen molar-refractivity contribution in [2.45, 2.75) is 118 Å². The summed E-state index contributed by atoms with van der Waals surface area (Å²) in [6, 6.07) is 0. The highest BCUT2D eigenvalue weighted by Gasteiger charge is 2.35. The number of carboxylic acid groups (broad SMARTS) is 3. The number of hydrogen-bond donors (Lipinski definition) is 6. The summed E-state index contributed by atoms with van der Waals surface area (Å²) in [5.74, 6) is -6.19. The second-order valence-corrected chi connectivity index (χ2v) is 13.1. The summed E-state index contributed by atoms with van der Waals surface area (Å²) in [7, 11) is 0. The molecule has 268 valence electrons. The third-order valence-corrected chi connectivity index (χ3v) is 8.07. The molecule has 47 heavy (non-hydrogen) atoms. The average molecular weight is 667 g/mol. The van der Waals surface area contributed by atoms with Gasteiger partial charge in [-0.2, -0.15) is 0 Å². The summed E-state index contributed by atoms with van der Waals surface area (Å²) in [5.41, 5.74) is 3.42. The van der Waals surface area contributed by atoms with Gasteiger partial charge in [0, 0.05) is 12.2 Å². The Labute approximate surface area is 279 Å². The molecule has 0 rings (SSSR count). The van der Waals surface area contributed by atoms with Gasteiger partial charge in [-0.15, -0.1) is 0 Å². The highest BCUT2D eigenvalue weighted by molar-refractivity contribution is 5.81. The van der Waals surface area contributed by atoms with Crippen LogP contribution in [0.5, 0.6) is 0 Å². The molecule has 0 amide bonds. The minimum Gasteiger partial charge on any atom is -0.481 e. The summed E-state index contributed by atoms with van der Waals surface area (Å²) >= 11 is 0. The zero-order valence-electron chi connectivity index (χ0n) is 29.0. The fourth-order valence-corrected chi connectivity index (χ4v) is 5.84. The van der Waals surface area contributed by atoms with Gasteiger partial charge in [-0.3, -0.25) is 9.59 Å². The van der Waals surface area contributed by atoms with E-state index in [2.05, 4.69) is 13.8 Å². The number of ether oxygens (including phenoxy) is 1. The molecule has 0 heterocycles. The number of unbranched alkanes of at least 4 members (excludes halogenated alkanes) is 2. The van der Waals surface area contributed by atoms with Gasteiger partial charge in [-0.1, -0.05) is 69.2 Å². The second-order valence-electron chi connectivity index (χ2n) is 13.1. The van der Waals surface area contributed by atoms with Gasteiger partial charge in [0.25, 0.3) is 0 Å². The van der Waals surface area contributed by atoms with Crippen LogP contribution in [0.4, 0.5) is 0 Å². The van der Waals surface area contributed by atoms with Gasteiger partial charge in [-0.05, 0) is 82.8 Å². The lowest BCUT2D eigenvalue weighted by Crippen LogP contribution is -2.40. The van der Waals surface area contributed by atoms with Crippen LogP contribution in [0.1, 0.15) is 106 Å². The van der Waals surface area contributed by atoms with Gasteiger partial charge in [0.1, 0.15) is 17.9 Å². The maximum absolute atomic E-state index is 13.0. The lowest BCUT2D eigenvalue weighted by atomic mass is 9.92.